The number of halogens is 1. The van der Waals surface area contributed by atoms with Gasteiger partial charge in [-0.1, -0.05) is 28.8 Å². The van der Waals surface area contributed by atoms with Crippen LogP contribution in [0.3, 0.4) is 0 Å². The predicted molar refractivity (Wildman–Crippen MR) is 90.0 cm³/mol. The topological polar surface area (TPSA) is 88.0 Å². The fraction of sp³-hybridized carbons (Fsp3) is 0.375. The van der Waals surface area contributed by atoms with E-state index in [0.717, 1.165) is 35.5 Å². The van der Waals surface area contributed by atoms with E-state index in [-0.39, 0.29) is 17.0 Å². The average molecular weight is 364 g/mol. The van der Waals surface area contributed by atoms with E-state index in [1.807, 2.05) is 12.1 Å². The monoisotopic (exact) mass is 363 g/mol. The van der Waals surface area contributed by atoms with Gasteiger partial charge in [-0.15, -0.1) is 0 Å². The molecule has 0 aliphatic heterocycles. The Morgan fingerprint density at radius 2 is 2.05 bits per heavy atom. The van der Waals surface area contributed by atoms with Gasteiger partial charge in [-0.2, -0.15) is 0 Å². The molecule has 1 aliphatic rings. The van der Waals surface area contributed by atoms with Crippen molar-refractivity contribution in [3.8, 4) is 0 Å². The van der Waals surface area contributed by atoms with Crippen LogP contribution in [0, 0.1) is 0 Å². The van der Waals surface area contributed by atoms with Gasteiger partial charge in [0.2, 0.25) is 5.56 Å². The minimum atomic E-state index is -0.335. The maximum atomic E-state index is 12.7. The number of H-pyrrole nitrogens is 1. The van der Waals surface area contributed by atoms with Crippen molar-refractivity contribution in [3.05, 3.63) is 44.7 Å². The predicted octanol–water partition coefficient (Wildman–Crippen LogP) is 2.29. The largest absolute Gasteiger partial charge is 0.345 e. The second-order valence-corrected chi connectivity index (χ2v) is 6.80. The summed E-state index contributed by atoms with van der Waals surface area (Å²) in [5, 5.41) is 3.78. The van der Waals surface area contributed by atoms with Gasteiger partial charge in [0.05, 0.1) is 11.1 Å². The third-order valence-corrected chi connectivity index (χ3v) is 4.87. The van der Waals surface area contributed by atoms with Crippen molar-refractivity contribution < 1.29 is 4.79 Å². The molecule has 4 N–H and O–H groups in total. The van der Waals surface area contributed by atoms with Crippen molar-refractivity contribution >= 4 is 32.7 Å². The number of hydrogen-bond donors (Lipinski definition) is 3. The van der Waals surface area contributed by atoms with Crippen molar-refractivity contribution in [1.29, 1.82) is 0 Å². The quantitative estimate of drug-likeness (QED) is 0.781. The molecule has 0 saturated heterocycles. The molecule has 0 radical (unpaired) electrons. The summed E-state index contributed by atoms with van der Waals surface area (Å²) in [7, 11) is 0. The van der Waals surface area contributed by atoms with Crippen LogP contribution in [-0.2, 0) is 0 Å². The SMILES string of the molecule is NCC1(NC(=O)c2cc(=O)[nH]c3ccc(Br)cc23)CCCC1. The molecule has 0 spiro atoms. The number of rotatable bonds is 3. The molecule has 5 nitrogen and oxygen atoms in total. The lowest BCUT2D eigenvalue weighted by molar-refractivity contribution is 0.0904. The molecular formula is C16H18BrN3O2. The summed E-state index contributed by atoms with van der Waals surface area (Å²) in [5.74, 6) is -0.235. The van der Waals surface area contributed by atoms with Gasteiger partial charge in [0.25, 0.3) is 5.91 Å². The fourth-order valence-corrected chi connectivity index (χ4v) is 3.52. The van der Waals surface area contributed by atoms with Crippen molar-refractivity contribution in [2.24, 2.45) is 5.73 Å². The van der Waals surface area contributed by atoms with Gasteiger partial charge in [-0.25, -0.2) is 0 Å². The molecule has 1 heterocycles. The molecule has 0 bridgehead atoms. The minimum absolute atomic E-state index is 0.235. The lowest BCUT2D eigenvalue weighted by atomic mass is 9.96. The minimum Gasteiger partial charge on any atom is -0.345 e. The molecule has 116 valence electrons. The highest BCUT2D eigenvalue weighted by molar-refractivity contribution is 9.10. The van der Waals surface area contributed by atoms with E-state index < -0.39 is 0 Å². The molecule has 2 aromatic rings. The number of carbonyl (C=O) groups is 1. The highest BCUT2D eigenvalue weighted by Gasteiger charge is 2.34. The molecule has 1 amide bonds. The van der Waals surface area contributed by atoms with Gasteiger partial charge in [0.15, 0.2) is 0 Å². The summed E-state index contributed by atoms with van der Waals surface area (Å²) < 4.78 is 0.857. The van der Waals surface area contributed by atoms with E-state index in [0.29, 0.717) is 17.6 Å². The molecule has 1 aromatic carbocycles. The zero-order valence-electron chi connectivity index (χ0n) is 12.1. The smallest absolute Gasteiger partial charge is 0.252 e. The van der Waals surface area contributed by atoms with E-state index >= 15 is 0 Å². The van der Waals surface area contributed by atoms with E-state index in [2.05, 4.69) is 26.2 Å². The first-order valence-electron chi connectivity index (χ1n) is 7.38. The summed E-state index contributed by atoms with van der Waals surface area (Å²) in [6.45, 7) is 0.420. The van der Waals surface area contributed by atoms with Crippen LogP contribution < -0.4 is 16.6 Å². The van der Waals surface area contributed by atoms with Crippen LogP contribution in [0.2, 0.25) is 0 Å². The van der Waals surface area contributed by atoms with Crippen molar-refractivity contribution in [2.75, 3.05) is 6.54 Å². The van der Waals surface area contributed by atoms with E-state index in [1.165, 1.54) is 6.07 Å². The van der Waals surface area contributed by atoms with Crippen LogP contribution >= 0.6 is 15.9 Å². The second-order valence-electron chi connectivity index (χ2n) is 5.88. The fourth-order valence-electron chi connectivity index (χ4n) is 3.15. The highest BCUT2D eigenvalue weighted by atomic mass is 79.9. The van der Waals surface area contributed by atoms with Crippen LogP contribution in [0.4, 0.5) is 0 Å². The molecule has 6 heteroatoms. The number of nitrogens with one attached hydrogen (secondary N) is 2. The number of aromatic nitrogens is 1. The third-order valence-electron chi connectivity index (χ3n) is 4.38. The Labute approximate surface area is 136 Å². The van der Waals surface area contributed by atoms with Crippen molar-refractivity contribution in [2.45, 2.75) is 31.2 Å². The van der Waals surface area contributed by atoms with Crippen LogP contribution in [-0.4, -0.2) is 23.0 Å². The first-order valence-corrected chi connectivity index (χ1v) is 8.17. The zero-order chi connectivity index (χ0) is 15.7. The zero-order valence-corrected chi connectivity index (χ0v) is 13.7. The van der Waals surface area contributed by atoms with Crippen LogP contribution in [0.1, 0.15) is 36.0 Å². The van der Waals surface area contributed by atoms with Gasteiger partial charge in [0.1, 0.15) is 0 Å². The molecule has 1 aromatic heterocycles. The number of benzene rings is 1. The maximum Gasteiger partial charge on any atom is 0.252 e. The van der Waals surface area contributed by atoms with Crippen molar-refractivity contribution in [3.63, 3.8) is 0 Å². The van der Waals surface area contributed by atoms with Gasteiger partial charge < -0.3 is 16.0 Å². The van der Waals surface area contributed by atoms with Gasteiger partial charge in [-0.3, -0.25) is 9.59 Å². The number of carbonyl (C=O) groups excluding carboxylic acids is 1. The number of amides is 1. The van der Waals surface area contributed by atoms with Crippen molar-refractivity contribution in [1.82, 2.24) is 10.3 Å². The van der Waals surface area contributed by atoms with Crippen LogP contribution in [0.15, 0.2) is 33.5 Å². The molecular weight excluding hydrogens is 346 g/mol. The first-order chi connectivity index (χ1) is 10.5. The normalized spacial score (nSPS) is 16.8. The Kier molecular flexibility index (Phi) is 4.06. The van der Waals surface area contributed by atoms with Crippen LogP contribution in [0.25, 0.3) is 10.9 Å². The molecule has 1 fully saturated rings. The number of pyridine rings is 1. The summed E-state index contributed by atoms with van der Waals surface area (Å²) in [4.78, 5) is 27.3. The summed E-state index contributed by atoms with van der Waals surface area (Å²) in [5.41, 5.74) is 6.29. The molecule has 1 aliphatic carbocycles. The summed E-state index contributed by atoms with van der Waals surface area (Å²) in [6, 6.07) is 6.80. The molecule has 0 unspecified atom stereocenters. The molecule has 0 atom stereocenters. The van der Waals surface area contributed by atoms with Gasteiger partial charge in [-0.05, 0) is 31.0 Å². The number of aromatic amines is 1. The number of fused-ring (bicyclic) bond motifs is 1. The Morgan fingerprint density at radius 3 is 2.73 bits per heavy atom. The Balaban J connectivity index is 2.03. The summed E-state index contributed by atoms with van der Waals surface area (Å²) in [6.07, 6.45) is 3.92. The molecule has 3 rings (SSSR count). The van der Waals surface area contributed by atoms with Gasteiger partial charge >= 0.3 is 0 Å². The Hall–Kier alpha value is -1.66. The molecule has 1 saturated carbocycles. The summed E-state index contributed by atoms with van der Waals surface area (Å²) >= 11 is 3.40. The second kappa shape index (κ2) is 5.85. The maximum absolute atomic E-state index is 12.7. The lowest BCUT2D eigenvalue weighted by Gasteiger charge is -2.28. The van der Waals surface area contributed by atoms with Crippen LogP contribution in [0.5, 0.6) is 0 Å². The Morgan fingerprint density at radius 1 is 1.32 bits per heavy atom. The standard InChI is InChI=1S/C16H18BrN3O2/c17-10-3-4-13-11(7-10)12(8-14(21)19-13)15(22)20-16(9-18)5-1-2-6-16/h3-4,7-8H,1-2,5-6,9,18H2,(H,19,21)(H,20,22). The highest BCUT2D eigenvalue weighted by Crippen LogP contribution is 2.29. The molecule has 22 heavy (non-hydrogen) atoms. The number of nitrogens with two attached hydrogens (primary N) is 1. The van der Waals surface area contributed by atoms with E-state index in [9.17, 15) is 9.59 Å². The van der Waals surface area contributed by atoms with Gasteiger partial charge in [0, 0.05) is 28.0 Å². The third kappa shape index (κ3) is 2.80. The first kappa shape index (κ1) is 15.2. The van der Waals surface area contributed by atoms with E-state index in [1.54, 1.807) is 6.07 Å². The van der Waals surface area contributed by atoms with E-state index in [4.69, 9.17) is 5.73 Å². The lowest BCUT2D eigenvalue weighted by Crippen LogP contribution is -2.51. The number of hydrogen-bond acceptors (Lipinski definition) is 3. The Bertz CT molecular complexity index is 779. The average Bonchev–Trinajstić information content (AvgIpc) is 2.96.